The van der Waals surface area contributed by atoms with E-state index in [1.807, 2.05) is 37.3 Å². The minimum Gasteiger partial charge on any atom is -0.478 e. The third kappa shape index (κ3) is 6.33. The maximum Gasteiger partial charge on any atom is 0.416 e. The smallest absolute Gasteiger partial charge is 0.416 e. The van der Waals surface area contributed by atoms with Crippen molar-refractivity contribution in [3.05, 3.63) is 101 Å². The number of carbonyl (C=O) groups is 1. The molecule has 0 saturated heterocycles. The number of alkyl halides is 3. The number of ether oxygens (including phenoxy) is 1. The Morgan fingerprint density at radius 2 is 1.73 bits per heavy atom. The number of fused-ring (bicyclic) bond motifs is 1. The molecule has 2 aromatic heterocycles. The summed E-state index contributed by atoms with van der Waals surface area (Å²) in [5.41, 5.74) is 2.74. The summed E-state index contributed by atoms with van der Waals surface area (Å²) in [4.78, 5) is 21.0. The molecule has 5 aromatic rings. The van der Waals surface area contributed by atoms with Gasteiger partial charge in [-0.3, -0.25) is 0 Å². The highest BCUT2D eigenvalue weighted by Gasteiger charge is 2.30. The number of rotatable bonds is 10. The summed E-state index contributed by atoms with van der Waals surface area (Å²) in [5, 5.41) is 9.62. The van der Waals surface area contributed by atoms with Crippen molar-refractivity contribution in [2.24, 2.45) is 0 Å². The van der Waals surface area contributed by atoms with Gasteiger partial charge in [0.15, 0.2) is 17.6 Å². The first kappa shape index (κ1) is 27.0. The number of halogens is 3. The van der Waals surface area contributed by atoms with Gasteiger partial charge in [-0.15, -0.1) is 0 Å². The average Bonchev–Trinajstić information content (AvgIpc) is 3.51. The molecule has 0 bridgehead atoms. The van der Waals surface area contributed by atoms with Crippen molar-refractivity contribution in [3.63, 3.8) is 0 Å². The SMILES string of the molecule is Cc1oc(-c2ccccc2)nc1CCCc1nc2cc(C[C@H](Oc3ccc(C(F)(F)F)cc3)C(=O)O)ccc2o1. The molecule has 0 amide bonds. The number of aliphatic carboxylic acids is 1. The normalized spacial score (nSPS) is 12.5. The monoisotopic (exact) mass is 550 g/mol. The lowest BCUT2D eigenvalue weighted by atomic mass is 10.1. The largest absolute Gasteiger partial charge is 0.478 e. The van der Waals surface area contributed by atoms with Gasteiger partial charge in [0.2, 0.25) is 5.89 Å². The molecule has 0 saturated carbocycles. The summed E-state index contributed by atoms with van der Waals surface area (Å²) < 4.78 is 55.5. The number of benzene rings is 3. The number of aryl methyl sites for hydroxylation is 3. The van der Waals surface area contributed by atoms with Crippen LogP contribution in [0.1, 0.15) is 34.9 Å². The van der Waals surface area contributed by atoms with E-state index in [1.54, 1.807) is 18.2 Å². The lowest BCUT2D eigenvalue weighted by molar-refractivity contribution is -0.145. The molecule has 3 aromatic carbocycles. The molecular formula is C30H25F3N2O5. The summed E-state index contributed by atoms with van der Waals surface area (Å²) in [5.74, 6) is 0.701. The van der Waals surface area contributed by atoms with E-state index in [-0.39, 0.29) is 12.2 Å². The molecule has 1 N–H and O–H groups in total. The Balaban J connectivity index is 1.21. The van der Waals surface area contributed by atoms with E-state index in [9.17, 15) is 23.1 Å². The summed E-state index contributed by atoms with van der Waals surface area (Å²) >= 11 is 0. The lowest BCUT2D eigenvalue weighted by Gasteiger charge is -2.16. The maximum absolute atomic E-state index is 12.8. The first-order valence-corrected chi connectivity index (χ1v) is 12.6. The number of hydrogen-bond acceptors (Lipinski definition) is 6. The predicted molar refractivity (Wildman–Crippen MR) is 140 cm³/mol. The fraction of sp³-hybridized carbons (Fsp3) is 0.233. The van der Waals surface area contributed by atoms with Crippen molar-refractivity contribution in [1.82, 2.24) is 9.97 Å². The van der Waals surface area contributed by atoms with Crippen LogP contribution in [0, 0.1) is 6.92 Å². The Bertz CT molecular complexity index is 1610. The lowest BCUT2D eigenvalue weighted by Crippen LogP contribution is -2.29. The van der Waals surface area contributed by atoms with Crippen molar-refractivity contribution >= 4 is 17.1 Å². The van der Waals surface area contributed by atoms with E-state index in [0.29, 0.717) is 41.3 Å². The van der Waals surface area contributed by atoms with Gasteiger partial charge in [-0.25, -0.2) is 14.8 Å². The van der Waals surface area contributed by atoms with Crippen LogP contribution in [0.15, 0.2) is 81.6 Å². The standard InChI is InChI=1S/C30H25F3N2O5/c1-18-23(35-28(38-18)20-6-3-2-4-7-20)8-5-9-27-34-24-16-19(10-15-25(24)40-27)17-26(29(36)37)39-22-13-11-21(12-14-22)30(31,32)33/h2-4,6-7,10-16,26H,5,8-9,17H2,1H3,(H,36,37)/t26-/m0/s1. The van der Waals surface area contributed by atoms with Crippen LogP contribution in [0.4, 0.5) is 13.2 Å². The fourth-order valence-electron chi connectivity index (χ4n) is 4.31. The average molecular weight is 551 g/mol. The number of carboxylic acid groups (broad SMARTS) is 1. The quantitative estimate of drug-likeness (QED) is 0.199. The van der Waals surface area contributed by atoms with Gasteiger partial charge in [0.05, 0.1) is 11.3 Å². The summed E-state index contributed by atoms with van der Waals surface area (Å²) in [6.07, 6.45) is -3.80. The maximum atomic E-state index is 12.8. The highest BCUT2D eigenvalue weighted by atomic mass is 19.4. The Hall–Kier alpha value is -4.60. The molecule has 206 valence electrons. The molecule has 1 atom stereocenters. The third-order valence-electron chi connectivity index (χ3n) is 6.37. The highest BCUT2D eigenvalue weighted by Crippen LogP contribution is 2.31. The Labute approximate surface area is 227 Å². The van der Waals surface area contributed by atoms with Crippen molar-refractivity contribution in [1.29, 1.82) is 0 Å². The van der Waals surface area contributed by atoms with E-state index < -0.39 is 23.8 Å². The number of oxazole rings is 2. The molecule has 0 aliphatic rings. The van der Waals surface area contributed by atoms with Gasteiger partial charge in [-0.05, 0) is 73.9 Å². The second kappa shape index (κ2) is 11.3. The van der Waals surface area contributed by atoms with E-state index in [0.717, 1.165) is 47.7 Å². The zero-order valence-electron chi connectivity index (χ0n) is 21.4. The van der Waals surface area contributed by atoms with Gasteiger partial charge < -0.3 is 18.7 Å². The molecular weight excluding hydrogens is 525 g/mol. The zero-order chi connectivity index (χ0) is 28.3. The molecule has 5 rings (SSSR count). The van der Waals surface area contributed by atoms with Crippen LogP contribution in [0.25, 0.3) is 22.6 Å². The summed E-state index contributed by atoms with van der Waals surface area (Å²) in [7, 11) is 0. The van der Waals surface area contributed by atoms with Gasteiger partial charge in [0, 0.05) is 18.4 Å². The van der Waals surface area contributed by atoms with Gasteiger partial charge in [0.25, 0.3) is 0 Å². The topological polar surface area (TPSA) is 98.6 Å². The molecule has 0 fully saturated rings. The molecule has 0 aliphatic carbocycles. The predicted octanol–water partition coefficient (Wildman–Crippen LogP) is 7.06. The number of aromatic nitrogens is 2. The van der Waals surface area contributed by atoms with Crippen LogP contribution in [-0.4, -0.2) is 27.1 Å². The molecule has 40 heavy (non-hydrogen) atoms. The zero-order valence-corrected chi connectivity index (χ0v) is 21.4. The van der Waals surface area contributed by atoms with Gasteiger partial charge in [-0.2, -0.15) is 13.2 Å². The molecule has 0 unspecified atom stereocenters. The third-order valence-corrected chi connectivity index (χ3v) is 6.37. The van der Waals surface area contributed by atoms with Crippen LogP contribution < -0.4 is 4.74 Å². The van der Waals surface area contributed by atoms with E-state index in [1.165, 1.54) is 0 Å². The van der Waals surface area contributed by atoms with Crippen LogP contribution in [0.3, 0.4) is 0 Å². The van der Waals surface area contributed by atoms with Crippen molar-refractivity contribution in [3.8, 4) is 17.2 Å². The van der Waals surface area contributed by atoms with E-state index in [2.05, 4.69) is 9.97 Å². The first-order chi connectivity index (χ1) is 19.2. The molecule has 10 heteroatoms. The number of carboxylic acids is 1. The fourth-order valence-corrected chi connectivity index (χ4v) is 4.31. The highest BCUT2D eigenvalue weighted by molar-refractivity contribution is 5.75. The molecule has 0 aliphatic heterocycles. The van der Waals surface area contributed by atoms with Gasteiger partial charge in [-0.1, -0.05) is 24.3 Å². The molecule has 2 heterocycles. The Kier molecular flexibility index (Phi) is 7.59. The number of hydrogen-bond donors (Lipinski definition) is 1. The minimum absolute atomic E-state index is 0.0102. The van der Waals surface area contributed by atoms with Crippen molar-refractivity contribution in [2.75, 3.05) is 0 Å². The van der Waals surface area contributed by atoms with Crippen LogP contribution in [0.2, 0.25) is 0 Å². The minimum atomic E-state index is -4.49. The molecule has 7 nitrogen and oxygen atoms in total. The van der Waals surface area contributed by atoms with Crippen LogP contribution >= 0.6 is 0 Å². The number of nitrogens with zero attached hydrogens (tertiary/aromatic N) is 2. The summed E-state index contributed by atoms with van der Waals surface area (Å²) in [6, 6.07) is 18.8. The van der Waals surface area contributed by atoms with Crippen molar-refractivity contribution in [2.45, 2.75) is 44.9 Å². The van der Waals surface area contributed by atoms with Crippen LogP contribution in [-0.2, 0) is 30.2 Å². The van der Waals surface area contributed by atoms with Gasteiger partial charge in [0.1, 0.15) is 17.0 Å². The molecule has 0 spiro atoms. The molecule has 0 radical (unpaired) electrons. The Morgan fingerprint density at radius 1 is 0.975 bits per heavy atom. The first-order valence-electron chi connectivity index (χ1n) is 12.6. The Morgan fingerprint density at radius 3 is 2.42 bits per heavy atom. The van der Waals surface area contributed by atoms with E-state index in [4.69, 9.17) is 13.6 Å². The second-order valence-electron chi connectivity index (χ2n) is 9.32. The van der Waals surface area contributed by atoms with Crippen molar-refractivity contribution < 1.29 is 36.6 Å². The summed E-state index contributed by atoms with van der Waals surface area (Å²) in [6.45, 7) is 1.89. The second-order valence-corrected chi connectivity index (χ2v) is 9.32. The van der Waals surface area contributed by atoms with E-state index >= 15 is 0 Å². The van der Waals surface area contributed by atoms with Gasteiger partial charge >= 0.3 is 12.1 Å². The van der Waals surface area contributed by atoms with Crippen LogP contribution in [0.5, 0.6) is 5.75 Å².